The summed E-state index contributed by atoms with van der Waals surface area (Å²) >= 11 is 10.6. The standard InChI is InChI=1S/C9H8Cl2O3/c1-9(10,8(12)14-11)13-7-5-3-2-4-6-7/h2-6H,1H3. The number of hydrogen-bond donors (Lipinski definition) is 0. The molecule has 0 heterocycles. The zero-order chi connectivity index (χ0) is 10.6. The van der Waals surface area contributed by atoms with Crippen molar-refractivity contribution in [2.75, 3.05) is 0 Å². The van der Waals surface area contributed by atoms with E-state index < -0.39 is 11.0 Å². The highest BCUT2D eigenvalue weighted by Gasteiger charge is 2.35. The van der Waals surface area contributed by atoms with E-state index in [0.29, 0.717) is 5.75 Å². The fraction of sp³-hybridized carbons (Fsp3) is 0.222. The van der Waals surface area contributed by atoms with Gasteiger partial charge in [0.05, 0.1) is 0 Å². The maximum absolute atomic E-state index is 11.0. The first-order valence-corrected chi connectivity index (χ1v) is 4.51. The molecule has 76 valence electrons. The molecule has 3 nitrogen and oxygen atoms in total. The lowest BCUT2D eigenvalue weighted by Gasteiger charge is -2.19. The first-order chi connectivity index (χ1) is 6.56. The number of alkyl halides is 1. The van der Waals surface area contributed by atoms with Gasteiger partial charge in [0, 0.05) is 6.92 Å². The van der Waals surface area contributed by atoms with Gasteiger partial charge in [0.1, 0.15) is 17.6 Å². The minimum Gasteiger partial charge on any atom is -0.461 e. The van der Waals surface area contributed by atoms with Crippen molar-refractivity contribution < 1.29 is 13.8 Å². The average molecular weight is 235 g/mol. The predicted octanol–water partition coefficient (Wildman–Crippen LogP) is 2.72. The summed E-state index contributed by atoms with van der Waals surface area (Å²) in [7, 11) is 0. The molecular weight excluding hydrogens is 227 g/mol. The van der Waals surface area contributed by atoms with E-state index in [0.717, 1.165) is 0 Å². The van der Waals surface area contributed by atoms with Gasteiger partial charge in [-0.1, -0.05) is 29.8 Å². The van der Waals surface area contributed by atoms with Gasteiger partial charge in [-0.05, 0) is 12.1 Å². The Hall–Kier alpha value is -0.930. The average Bonchev–Trinajstić information content (AvgIpc) is 2.17. The van der Waals surface area contributed by atoms with Crippen LogP contribution in [0.3, 0.4) is 0 Å². The number of carbonyl (C=O) groups is 1. The lowest BCUT2D eigenvalue weighted by Crippen LogP contribution is -2.35. The van der Waals surface area contributed by atoms with Crippen LogP contribution in [0.15, 0.2) is 30.3 Å². The quantitative estimate of drug-likeness (QED) is 0.755. The molecule has 0 saturated heterocycles. The predicted molar refractivity (Wildman–Crippen MR) is 53.3 cm³/mol. The largest absolute Gasteiger partial charge is 0.461 e. The molecule has 0 spiro atoms. The van der Waals surface area contributed by atoms with Crippen LogP contribution in [0.1, 0.15) is 6.92 Å². The third kappa shape index (κ3) is 2.79. The minimum atomic E-state index is -1.61. The van der Waals surface area contributed by atoms with Crippen molar-refractivity contribution in [3.05, 3.63) is 30.3 Å². The summed E-state index contributed by atoms with van der Waals surface area (Å²) in [5.41, 5.74) is 0. The zero-order valence-electron chi connectivity index (χ0n) is 7.37. The Kier molecular flexibility index (Phi) is 3.61. The molecule has 0 aliphatic heterocycles. The molecule has 1 atom stereocenters. The normalized spacial score (nSPS) is 14.2. The molecule has 0 radical (unpaired) electrons. The van der Waals surface area contributed by atoms with E-state index in [2.05, 4.69) is 4.29 Å². The van der Waals surface area contributed by atoms with Gasteiger partial charge in [-0.2, -0.15) is 0 Å². The topological polar surface area (TPSA) is 35.5 Å². The van der Waals surface area contributed by atoms with Crippen molar-refractivity contribution >= 4 is 29.4 Å². The summed E-state index contributed by atoms with van der Waals surface area (Å²) in [4.78, 5) is 11.0. The van der Waals surface area contributed by atoms with Crippen LogP contribution in [0, 0.1) is 0 Å². The third-order valence-corrected chi connectivity index (χ3v) is 1.86. The highest BCUT2D eigenvalue weighted by molar-refractivity contribution is 6.34. The number of hydrogen-bond acceptors (Lipinski definition) is 3. The number of para-hydroxylation sites is 1. The maximum atomic E-state index is 11.0. The summed E-state index contributed by atoms with van der Waals surface area (Å²) in [5.74, 6) is -0.392. The third-order valence-electron chi connectivity index (χ3n) is 1.49. The van der Waals surface area contributed by atoms with Crippen LogP contribution >= 0.6 is 23.5 Å². The molecule has 1 unspecified atom stereocenters. The van der Waals surface area contributed by atoms with Crippen LogP contribution in [0.2, 0.25) is 0 Å². The van der Waals surface area contributed by atoms with E-state index in [-0.39, 0.29) is 0 Å². The van der Waals surface area contributed by atoms with Gasteiger partial charge in [0.25, 0.3) is 5.06 Å². The van der Waals surface area contributed by atoms with Crippen LogP contribution < -0.4 is 4.74 Å². The summed E-state index contributed by atoms with van der Waals surface area (Å²) in [6.45, 7) is 1.35. The van der Waals surface area contributed by atoms with Gasteiger partial charge in [-0.15, -0.1) is 0 Å². The molecule has 1 rings (SSSR count). The van der Waals surface area contributed by atoms with Gasteiger partial charge in [0.15, 0.2) is 0 Å². The smallest absolute Gasteiger partial charge is 0.384 e. The van der Waals surface area contributed by atoms with E-state index in [1.807, 2.05) is 6.07 Å². The fourth-order valence-corrected chi connectivity index (χ4v) is 1.13. The number of halogens is 2. The Labute approximate surface area is 91.7 Å². The first kappa shape index (κ1) is 11.1. The Morgan fingerprint density at radius 1 is 1.36 bits per heavy atom. The molecule has 1 aromatic carbocycles. The summed E-state index contributed by atoms with van der Waals surface area (Å²) in [6, 6.07) is 8.67. The van der Waals surface area contributed by atoms with Crippen LogP contribution in [0.4, 0.5) is 0 Å². The SMILES string of the molecule is CC(Cl)(Oc1ccccc1)C(=O)OCl. The van der Waals surface area contributed by atoms with Gasteiger partial charge in [-0.25, -0.2) is 4.79 Å². The number of ether oxygens (including phenoxy) is 1. The summed E-state index contributed by atoms with van der Waals surface area (Å²) in [5, 5.41) is -1.61. The van der Waals surface area contributed by atoms with Crippen molar-refractivity contribution in [1.29, 1.82) is 0 Å². The molecule has 0 aromatic heterocycles. The van der Waals surface area contributed by atoms with E-state index >= 15 is 0 Å². The molecule has 0 saturated carbocycles. The van der Waals surface area contributed by atoms with Gasteiger partial charge in [0.2, 0.25) is 0 Å². The lowest BCUT2D eigenvalue weighted by molar-refractivity contribution is -0.143. The maximum Gasteiger partial charge on any atom is 0.384 e. The van der Waals surface area contributed by atoms with Crippen molar-refractivity contribution in [3.63, 3.8) is 0 Å². The van der Waals surface area contributed by atoms with Crippen molar-refractivity contribution in [2.24, 2.45) is 0 Å². The molecule has 5 heteroatoms. The summed E-state index contributed by atoms with van der Waals surface area (Å²) in [6.07, 6.45) is 0. The van der Waals surface area contributed by atoms with Crippen molar-refractivity contribution in [3.8, 4) is 5.75 Å². The van der Waals surface area contributed by atoms with E-state index in [1.54, 1.807) is 24.3 Å². The van der Waals surface area contributed by atoms with Crippen LogP contribution in [-0.2, 0) is 9.08 Å². The molecule has 0 fully saturated rings. The molecule has 0 aliphatic carbocycles. The monoisotopic (exact) mass is 234 g/mol. The van der Waals surface area contributed by atoms with Crippen LogP contribution in [0.5, 0.6) is 5.75 Å². The van der Waals surface area contributed by atoms with Gasteiger partial charge in [-0.3, -0.25) is 0 Å². The van der Waals surface area contributed by atoms with Crippen LogP contribution in [-0.4, -0.2) is 11.0 Å². The zero-order valence-corrected chi connectivity index (χ0v) is 8.88. The number of carbonyl (C=O) groups excluding carboxylic acids is 1. The van der Waals surface area contributed by atoms with Gasteiger partial charge < -0.3 is 9.03 Å². The first-order valence-electron chi connectivity index (χ1n) is 3.82. The molecular formula is C9H8Cl2O3. The highest BCUT2D eigenvalue weighted by Crippen LogP contribution is 2.23. The Morgan fingerprint density at radius 3 is 2.43 bits per heavy atom. The van der Waals surface area contributed by atoms with E-state index in [4.69, 9.17) is 28.2 Å². The van der Waals surface area contributed by atoms with Crippen molar-refractivity contribution in [2.45, 2.75) is 12.0 Å². The van der Waals surface area contributed by atoms with E-state index in [1.165, 1.54) is 6.92 Å². The Bertz CT molecular complexity index is 311. The van der Waals surface area contributed by atoms with Gasteiger partial charge >= 0.3 is 5.97 Å². The fourth-order valence-electron chi connectivity index (χ4n) is 0.820. The Balaban J connectivity index is 2.73. The minimum absolute atomic E-state index is 0.465. The lowest BCUT2D eigenvalue weighted by atomic mass is 10.3. The molecule has 0 bridgehead atoms. The molecule has 0 N–H and O–H groups in total. The molecule has 0 aliphatic rings. The molecule has 0 amide bonds. The number of rotatable bonds is 3. The molecule has 1 aromatic rings. The summed E-state index contributed by atoms with van der Waals surface area (Å²) < 4.78 is 9.12. The molecule has 14 heavy (non-hydrogen) atoms. The van der Waals surface area contributed by atoms with Crippen molar-refractivity contribution in [1.82, 2.24) is 0 Å². The second-order valence-electron chi connectivity index (χ2n) is 2.70. The highest BCUT2D eigenvalue weighted by atomic mass is 35.5. The second kappa shape index (κ2) is 4.53. The number of benzene rings is 1. The van der Waals surface area contributed by atoms with Crippen LogP contribution in [0.25, 0.3) is 0 Å². The van der Waals surface area contributed by atoms with E-state index in [9.17, 15) is 4.79 Å². The Morgan fingerprint density at radius 2 is 1.93 bits per heavy atom. The second-order valence-corrected chi connectivity index (χ2v) is 3.57.